The van der Waals surface area contributed by atoms with Crippen molar-refractivity contribution < 1.29 is 18.6 Å². The Morgan fingerprint density at radius 2 is 2.11 bits per heavy atom. The number of benzene rings is 1. The molecule has 0 saturated carbocycles. The minimum atomic E-state index is -0.549. The second kappa shape index (κ2) is 8.19. The number of halogens is 2. The van der Waals surface area contributed by atoms with Crippen LogP contribution in [0.5, 0.6) is 0 Å². The van der Waals surface area contributed by atoms with Crippen LogP contribution in [0.1, 0.15) is 31.4 Å². The zero-order valence-electron chi connectivity index (χ0n) is 11.3. The van der Waals surface area contributed by atoms with Gasteiger partial charge in [0.1, 0.15) is 11.6 Å². The van der Waals surface area contributed by atoms with E-state index in [1.54, 1.807) is 0 Å². The van der Waals surface area contributed by atoms with Crippen LogP contribution in [0.2, 0.25) is 0 Å². The van der Waals surface area contributed by atoms with Crippen LogP contribution in [0.3, 0.4) is 0 Å². The summed E-state index contributed by atoms with van der Waals surface area (Å²) in [6.07, 6.45) is 0.592. The first kappa shape index (κ1) is 16.0. The average Bonchev–Trinajstić information content (AvgIpc) is 2.38. The highest BCUT2D eigenvalue weighted by Gasteiger charge is 2.15. The van der Waals surface area contributed by atoms with Gasteiger partial charge in [-0.3, -0.25) is 0 Å². The number of aliphatic hydroxyl groups is 1. The van der Waals surface area contributed by atoms with Crippen molar-refractivity contribution in [3.8, 4) is 0 Å². The molecule has 1 aromatic carbocycles. The maximum atomic E-state index is 13.6. The van der Waals surface area contributed by atoms with E-state index in [9.17, 15) is 13.9 Å². The number of hydrogen-bond donors (Lipinski definition) is 2. The van der Waals surface area contributed by atoms with E-state index in [4.69, 9.17) is 4.74 Å². The molecular weight excluding hydrogens is 252 g/mol. The zero-order chi connectivity index (χ0) is 14.3. The lowest BCUT2D eigenvalue weighted by atomic mass is 10.0. The van der Waals surface area contributed by atoms with Crippen LogP contribution in [0.15, 0.2) is 18.2 Å². The molecule has 0 radical (unpaired) electrons. The van der Waals surface area contributed by atoms with Gasteiger partial charge >= 0.3 is 0 Å². The summed E-state index contributed by atoms with van der Waals surface area (Å²) in [5.74, 6) is -0.866. The van der Waals surface area contributed by atoms with Crippen LogP contribution in [-0.2, 0) is 4.74 Å². The highest BCUT2D eigenvalue weighted by Crippen LogP contribution is 2.21. The first-order chi connectivity index (χ1) is 9.08. The number of ether oxygens (including phenoxy) is 1. The predicted molar refractivity (Wildman–Crippen MR) is 69.9 cm³/mol. The first-order valence-electron chi connectivity index (χ1n) is 6.43. The predicted octanol–water partition coefficient (Wildman–Crippen LogP) is 2.40. The van der Waals surface area contributed by atoms with Crippen molar-refractivity contribution in [1.82, 2.24) is 5.32 Å². The fourth-order valence-electron chi connectivity index (χ4n) is 1.96. The van der Waals surface area contributed by atoms with Crippen molar-refractivity contribution in [3.63, 3.8) is 0 Å². The van der Waals surface area contributed by atoms with E-state index in [1.165, 1.54) is 13.2 Å². The summed E-state index contributed by atoms with van der Waals surface area (Å²) in [6.45, 7) is 2.68. The maximum absolute atomic E-state index is 13.6. The summed E-state index contributed by atoms with van der Waals surface area (Å²) in [4.78, 5) is 0. The molecule has 0 heterocycles. The molecule has 3 nitrogen and oxygen atoms in total. The van der Waals surface area contributed by atoms with E-state index in [-0.39, 0.29) is 12.6 Å². The van der Waals surface area contributed by atoms with Gasteiger partial charge in [-0.2, -0.15) is 0 Å². The molecule has 5 heteroatoms. The lowest BCUT2D eigenvalue weighted by Crippen LogP contribution is -2.27. The topological polar surface area (TPSA) is 41.5 Å². The molecule has 0 aliphatic rings. The molecule has 2 unspecified atom stereocenters. The van der Waals surface area contributed by atoms with Crippen LogP contribution in [0, 0.1) is 11.6 Å². The van der Waals surface area contributed by atoms with Gasteiger partial charge in [0.05, 0.1) is 12.7 Å². The third-order valence-corrected chi connectivity index (χ3v) is 2.97. The molecule has 2 atom stereocenters. The van der Waals surface area contributed by atoms with Crippen LogP contribution >= 0.6 is 0 Å². The Hall–Kier alpha value is -1.04. The van der Waals surface area contributed by atoms with Crippen molar-refractivity contribution in [2.24, 2.45) is 0 Å². The zero-order valence-corrected chi connectivity index (χ0v) is 11.3. The van der Waals surface area contributed by atoms with Crippen molar-refractivity contribution in [3.05, 3.63) is 35.4 Å². The van der Waals surface area contributed by atoms with Crippen LogP contribution < -0.4 is 5.32 Å². The molecule has 0 aromatic heterocycles. The number of hydrogen-bond acceptors (Lipinski definition) is 3. The Kier molecular flexibility index (Phi) is 6.91. The summed E-state index contributed by atoms with van der Waals surface area (Å²) < 4.78 is 31.6. The van der Waals surface area contributed by atoms with Crippen molar-refractivity contribution in [1.29, 1.82) is 0 Å². The normalized spacial score (nSPS) is 14.4. The summed E-state index contributed by atoms with van der Waals surface area (Å²) in [5.41, 5.74) is 0.323. The monoisotopic (exact) mass is 273 g/mol. The molecule has 1 rings (SSSR count). The molecule has 0 aliphatic carbocycles. The van der Waals surface area contributed by atoms with Crippen LogP contribution in [0.4, 0.5) is 8.78 Å². The fraction of sp³-hybridized carbons (Fsp3) is 0.571. The Bertz CT molecular complexity index is 388. The molecule has 2 N–H and O–H groups in total. The molecule has 0 spiro atoms. The van der Waals surface area contributed by atoms with E-state index >= 15 is 0 Å². The van der Waals surface area contributed by atoms with Gasteiger partial charge in [0.25, 0.3) is 0 Å². The van der Waals surface area contributed by atoms with E-state index in [0.29, 0.717) is 24.9 Å². The number of rotatable bonds is 8. The Morgan fingerprint density at radius 3 is 2.74 bits per heavy atom. The molecule has 0 amide bonds. The fourth-order valence-corrected chi connectivity index (χ4v) is 1.96. The summed E-state index contributed by atoms with van der Waals surface area (Å²) in [7, 11) is 1.52. The molecule has 1 aromatic rings. The van der Waals surface area contributed by atoms with Crippen molar-refractivity contribution in [2.75, 3.05) is 20.3 Å². The Labute approximate surface area is 112 Å². The van der Waals surface area contributed by atoms with Gasteiger partial charge in [0.15, 0.2) is 0 Å². The van der Waals surface area contributed by atoms with Crippen LogP contribution in [-0.4, -0.2) is 31.5 Å². The molecular formula is C14H21F2NO2. The van der Waals surface area contributed by atoms with Gasteiger partial charge in [-0.25, -0.2) is 8.78 Å². The lowest BCUT2D eigenvalue weighted by molar-refractivity contribution is 0.0589. The van der Waals surface area contributed by atoms with E-state index in [0.717, 1.165) is 12.1 Å². The van der Waals surface area contributed by atoms with Gasteiger partial charge in [-0.05, 0) is 37.6 Å². The molecule has 0 aliphatic heterocycles. The standard InChI is InChI=1S/C14H21F2NO2/c1-3-14(17-7-6-11(18)9-19-2)12-8-10(15)4-5-13(12)16/h4-5,8,11,14,17-18H,3,6-7,9H2,1-2H3. The van der Waals surface area contributed by atoms with Gasteiger partial charge in [-0.1, -0.05) is 6.92 Å². The van der Waals surface area contributed by atoms with Crippen LogP contribution in [0.25, 0.3) is 0 Å². The number of aliphatic hydroxyl groups excluding tert-OH is 1. The minimum Gasteiger partial charge on any atom is -0.391 e. The second-order valence-electron chi connectivity index (χ2n) is 4.48. The van der Waals surface area contributed by atoms with Gasteiger partial charge in [-0.15, -0.1) is 0 Å². The van der Waals surface area contributed by atoms with E-state index < -0.39 is 17.7 Å². The number of methoxy groups -OCH3 is 1. The maximum Gasteiger partial charge on any atom is 0.128 e. The first-order valence-corrected chi connectivity index (χ1v) is 6.43. The third kappa shape index (κ3) is 5.22. The molecule has 108 valence electrons. The molecule has 0 fully saturated rings. The van der Waals surface area contributed by atoms with Gasteiger partial charge in [0.2, 0.25) is 0 Å². The highest BCUT2D eigenvalue weighted by atomic mass is 19.1. The van der Waals surface area contributed by atoms with Crippen molar-refractivity contribution in [2.45, 2.75) is 31.9 Å². The van der Waals surface area contributed by atoms with Gasteiger partial charge < -0.3 is 15.2 Å². The van der Waals surface area contributed by atoms with E-state index in [2.05, 4.69) is 5.32 Å². The third-order valence-electron chi connectivity index (χ3n) is 2.97. The average molecular weight is 273 g/mol. The summed E-state index contributed by atoms with van der Waals surface area (Å²) in [6, 6.07) is 3.19. The van der Waals surface area contributed by atoms with Gasteiger partial charge in [0, 0.05) is 18.7 Å². The molecule has 19 heavy (non-hydrogen) atoms. The van der Waals surface area contributed by atoms with Crippen molar-refractivity contribution >= 4 is 0 Å². The Balaban J connectivity index is 2.56. The highest BCUT2D eigenvalue weighted by molar-refractivity contribution is 5.22. The van der Waals surface area contributed by atoms with E-state index in [1.807, 2.05) is 6.92 Å². The summed E-state index contributed by atoms with van der Waals surface area (Å²) in [5, 5.41) is 12.6. The smallest absolute Gasteiger partial charge is 0.128 e. The minimum absolute atomic E-state index is 0.259. The largest absolute Gasteiger partial charge is 0.391 e. The SMILES string of the molecule is CCC(NCCC(O)COC)c1cc(F)ccc1F. The molecule has 0 saturated heterocycles. The second-order valence-corrected chi connectivity index (χ2v) is 4.48. The molecule has 0 bridgehead atoms. The number of nitrogens with one attached hydrogen (secondary N) is 1. The Morgan fingerprint density at radius 1 is 1.37 bits per heavy atom. The summed E-state index contributed by atoms with van der Waals surface area (Å²) >= 11 is 0. The quantitative estimate of drug-likeness (QED) is 0.764. The lowest BCUT2D eigenvalue weighted by Gasteiger charge is -2.19.